The number of rotatable bonds is 7. The van der Waals surface area contributed by atoms with Crippen LogP contribution in [0.4, 0.5) is 0 Å². The quantitative estimate of drug-likeness (QED) is 0.838. The number of carbonyl (C=O) groups is 1. The van der Waals surface area contributed by atoms with Gasteiger partial charge < -0.3 is 10.0 Å². The topological polar surface area (TPSA) is 43.8 Å². The first-order valence-corrected chi connectivity index (χ1v) is 8.14. The average Bonchev–Trinajstić information content (AvgIpc) is 3.30. The first-order valence-electron chi connectivity index (χ1n) is 7.76. The van der Waals surface area contributed by atoms with Gasteiger partial charge in [-0.1, -0.05) is 23.7 Å². The van der Waals surface area contributed by atoms with Gasteiger partial charge in [-0.05, 0) is 50.4 Å². The highest BCUT2D eigenvalue weighted by Crippen LogP contribution is 2.32. The summed E-state index contributed by atoms with van der Waals surface area (Å²) in [6, 6.07) is 7.55. The zero-order valence-electron chi connectivity index (χ0n) is 13.5. The lowest BCUT2D eigenvalue weighted by Gasteiger charge is -2.28. The molecule has 1 amide bonds. The standard InChI is InChI=1S/C17H25ClN2O2/c1-12(13-6-8-15(18)9-7-13)20(3)17(22)11-19(2)10-16(21)14-4-5-14/h6-9,12,14,16,21H,4-5,10-11H2,1-3H3. The number of nitrogens with zero attached hydrogens (tertiary/aromatic N) is 2. The molecule has 1 saturated carbocycles. The number of benzene rings is 1. The summed E-state index contributed by atoms with van der Waals surface area (Å²) in [4.78, 5) is 16.0. The molecular weight excluding hydrogens is 300 g/mol. The van der Waals surface area contributed by atoms with Crippen molar-refractivity contribution in [3.8, 4) is 0 Å². The number of hydrogen-bond acceptors (Lipinski definition) is 3. The molecule has 1 N–H and O–H groups in total. The van der Waals surface area contributed by atoms with Crippen LogP contribution in [0.2, 0.25) is 5.02 Å². The molecule has 0 aliphatic heterocycles. The van der Waals surface area contributed by atoms with Crippen LogP contribution in [0.1, 0.15) is 31.4 Å². The molecule has 5 heteroatoms. The highest BCUT2D eigenvalue weighted by molar-refractivity contribution is 6.30. The van der Waals surface area contributed by atoms with Gasteiger partial charge in [-0.15, -0.1) is 0 Å². The smallest absolute Gasteiger partial charge is 0.236 e. The second-order valence-electron chi connectivity index (χ2n) is 6.33. The van der Waals surface area contributed by atoms with E-state index in [1.54, 1.807) is 4.90 Å². The summed E-state index contributed by atoms with van der Waals surface area (Å²) in [6.07, 6.45) is 1.91. The van der Waals surface area contributed by atoms with Gasteiger partial charge in [0.25, 0.3) is 0 Å². The first kappa shape index (κ1) is 17.3. The van der Waals surface area contributed by atoms with Crippen LogP contribution in [0.5, 0.6) is 0 Å². The predicted octanol–water partition coefficient (Wildman–Crippen LogP) is 2.56. The van der Waals surface area contributed by atoms with E-state index in [1.165, 1.54) is 0 Å². The molecule has 122 valence electrons. The highest BCUT2D eigenvalue weighted by atomic mass is 35.5. The van der Waals surface area contributed by atoms with Gasteiger partial charge >= 0.3 is 0 Å². The van der Waals surface area contributed by atoms with Crippen LogP contribution in [-0.4, -0.2) is 54.1 Å². The number of likely N-dealkylation sites (N-methyl/N-ethyl adjacent to an activating group) is 2. The molecule has 1 aromatic carbocycles. The minimum Gasteiger partial charge on any atom is -0.392 e. The van der Waals surface area contributed by atoms with E-state index in [-0.39, 0.29) is 18.1 Å². The van der Waals surface area contributed by atoms with E-state index in [2.05, 4.69) is 0 Å². The second-order valence-corrected chi connectivity index (χ2v) is 6.77. The Hall–Kier alpha value is -1.10. The third-order valence-corrected chi connectivity index (χ3v) is 4.65. The molecule has 2 unspecified atom stereocenters. The van der Waals surface area contributed by atoms with Crippen LogP contribution in [0.15, 0.2) is 24.3 Å². The maximum atomic E-state index is 12.4. The Labute approximate surface area is 137 Å². The third kappa shape index (κ3) is 4.70. The summed E-state index contributed by atoms with van der Waals surface area (Å²) in [6.45, 7) is 2.87. The van der Waals surface area contributed by atoms with Gasteiger partial charge in [0, 0.05) is 18.6 Å². The van der Waals surface area contributed by atoms with Crippen molar-refractivity contribution in [2.45, 2.75) is 31.9 Å². The molecule has 2 rings (SSSR count). The van der Waals surface area contributed by atoms with Crippen LogP contribution in [-0.2, 0) is 4.79 Å². The molecule has 0 radical (unpaired) electrons. The molecule has 2 atom stereocenters. The van der Waals surface area contributed by atoms with E-state index in [0.717, 1.165) is 18.4 Å². The summed E-state index contributed by atoms with van der Waals surface area (Å²) in [5.41, 5.74) is 1.06. The Bertz CT molecular complexity index is 502. The van der Waals surface area contributed by atoms with Crippen molar-refractivity contribution in [3.05, 3.63) is 34.9 Å². The lowest BCUT2D eigenvalue weighted by atomic mass is 10.1. The van der Waals surface area contributed by atoms with Crippen molar-refractivity contribution >= 4 is 17.5 Å². The molecule has 1 aromatic rings. The Morgan fingerprint density at radius 3 is 2.45 bits per heavy atom. The maximum Gasteiger partial charge on any atom is 0.236 e. The van der Waals surface area contributed by atoms with Crippen LogP contribution in [0, 0.1) is 5.92 Å². The SMILES string of the molecule is CC(c1ccc(Cl)cc1)N(C)C(=O)CN(C)CC(O)C1CC1. The zero-order chi connectivity index (χ0) is 16.3. The van der Waals surface area contributed by atoms with Crippen molar-refractivity contribution in [1.82, 2.24) is 9.80 Å². The first-order chi connectivity index (χ1) is 10.4. The van der Waals surface area contributed by atoms with Gasteiger partial charge in [-0.3, -0.25) is 9.69 Å². The van der Waals surface area contributed by atoms with Crippen LogP contribution in [0.25, 0.3) is 0 Å². The lowest BCUT2D eigenvalue weighted by Crippen LogP contribution is -2.40. The van der Waals surface area contributed by atoms with Crippen LogP contribution >= 0.6 is 11.6 Å². The monoisotopic (exact) mass is 324 g/mol. The second kappa shape index (κ2) is 7.44. The molecule has 1 fully saturated rings. The molecular formula is C17H25ClN2O2. The van der Waals surface area contributed by atoms with E-state index in [1.807, 2.05) is 50.2 Å². The fraction of sp³-hybridized carbons (Fsp3) is 0.588. The third-order valence-electron chi connectivity index (χ3n) is 4.40. The van der Waals surface area contributed by atoms with E-state index >= 15 is 0 Å². The summed E-state index contributed by atoms with van der Waals surface area (Å²) in [7, 11) is 3.69. The number of carbonyl (C=O) groups excluding carboxylic acids is 1. The average molecular weight is 325 g/mol. The van der Waals surface area contributed by atoms with Crippen molar-refractivity contribution in [2.75, 3.05) is 27.2 Å². The predicted molar refractivity (Wildman–Crippen MR) is 88.9 cm³/mol. The van der Waals surface area contributed by atoms with Gasteiger partial charge in [-0.25, -0.2) is 0 Å². The van der Waals surface area contributed by atoms with Crippen molar-refractivity contribution in [1.29, 1.82) is 0 Å². The number of aliphatic hydroxyl groups is 1. The number of halogens is 1. The molecule has 0 bridgehead atoms. The zero-order valence-corrected chi connectivity index (χ0v) is 14.3. The van der Waals surface area contributed by atoms with Crippen LogP contribution in [0.3, 0.4) is 0 Å². The molecule has 1 aliphatic carbocycles. The molecule has 0 aromatic heterocycles. The fourth-order valence-corrected chi connectivity index (χ4v) is 2.66. The van der Waals surface area contributed by atoms with Gasteiger partial charge in [0.05, 0.1) is 18.7 Å². The highest BCUT2D eigenvalue weighted by Gasteiger charge is 2.30. The summed E-state index contributed by atoms with van der Waals surface area (Å²) >= 11 is 5.90. The maximum absolute atomic E-state index is 12.4. The van der Waals surface area contributed by atoms with E-state index in [9.17, 15) is 9.90 Å². The van der Waals surface area contributed by atoms with Gasteiger partial charge in [0.2, 0.25) is 5.91 Å². The Balaban J connectivity index is 1.86. The molecule has 0 saturated heterocycles. The number of aliphatic hydroxyl groups excluding tert-OH is 1. The van der Waals surface area contributed by atoms with Crippen LogP contribution < -0.4 is 0 Å². The minimum absolute atomic E-state index is 0.00785. The molecule has 1 aliphatic rings. The normalized spacial score (nSPS) is 17.4. The summed E-state index contributed by atoms with van der Waals surface area (Å²) in [5, 5.41) is 10.6. The molecule has 22 heavy (non-hydrogen) atoms. The fourth-order valence-electron chi connectivity index (χ4n) is 2.54. The number of amides is 1. The van der Waals surface area contributed by atoms with Gasteiger partial charge in [0.1, 0.15) is 0 Å². The Morgan fingerprint density at radius 1 is 1.32 bits per heavy atom. The minimum atomic E-state index is -0.309. The molecule has 4 nitrogen and oxygen atoms in total. The summed E-state index contributed by atoms with van der Waals surface area (Å²) < 4.78 is 0. The Morgan fingerprint density at radius 2 is 1.91 bits per heavy atom. The number of hydrogen-bond donors (Lipinski definition) is 1. The van der Waals surface area contributed by atoms with E-state index in [0.29, 0.717) is 24.0 Å². The summed E-state index contributed by atoms with van der Waals surface area (Å²) in [5.74, 6) is 0.483. The molecule has 0 spiro atoms. The van der Waals surface area contributed by atoms with E-state index in [4.69, 9.17) is 11.6 Å². The van der Waals surface area contributed by atoms with Crippen molar-refractivity contribution in [3.63, 3.8) is 0 Å². The van der Waals surface area contributed by atoms with E-state index < -0.39 is 0 Å². The van der Waals surface area contributed by atoms with Crippen molar-refractivity contribution < 1.29 is 9.90 Å². The van der Waals surface area contributed by atoms with Gasteiger partial charge in [0.15, 0.2) is 0 Å². The van der Waals surface area contributed by atoms with Gasteiger partial charge in [-0.2, -0.15) is 0 Å². The Kier molecular flexibility index (Phi) is 5.84. The van der Waals surface area contributed by atoms with Crippen molar-refractivity contribution in [2.24, 2.45) is 5.92 Å². The molecule has 0 heterocycles. The lowest BCUT2D eigenvalue weighted by molar-refractivity contribution is -0.133. The largest absolute Gasteiger partial charge is 0.392 e.